The van der Waals surface area contributed by atoms with Crippen LogP contribution in [-0.4, -0.2) is 17.6 Å². The summed E-state index contributed by atoms with van der Waals surface area (Å²) in [6, 6.07) is 27.1. The lowest BCUT2D eigenvalue weighted by Crippen LogP contribution is -2.38. The Balaban J connectivity index is 1.48. The van der Waals surface area contributed by atoms with Crippen LogP contribution in [0.4, 0.5) is 0 Å². The molecule has 0 saturated heterocycles. The number of carbonyl (C=O) groups is 1. The van der Waals surface area contributed by atoms with E-state index in [2.05, 4.69) is 22.8 Å². The van der Waals surface area contributed by atoms with E-state index in [4.69, 9.17) is 17.0 Å². The van der Waals surface area contributed by atoms with Gasteiger partial charge in [-0.1, -0.05) is 66.7 Å². The molecule has 0 aliphatic carbocycles. The third-order valence-electron chi connectivity index (χ3n) is 4.12. The molecule has 0 atom stereocenters. The van der Waals surface area contributed by atoms with Gasteiger partial charge < -0.3 is 10.1 Å². The van der Waals surface area contributed by atoms with Crippen molar-refractivity contribution in [3.05, 3.63) is 102 Å². The maximum absolute atomic E-state index is 12.4. The van der Waals surface area contributed by atoms with Crippen molar-refractivity contribution >= 4 is 23.2 Å². The van der Waals surface area contributed by atoms with E-state index in [9.17, 15) is 4.79 Å². The Morgan fingerprint density at radius 3 is 2.25 bits per heavy atom. The van der Waals surface area contributed by atoms with Crippen molar-refractivity contribution in [2.24, 2.45) is 0 Å². The molecular formula is C23H22N2O2S. The van der Waals surface area contributed by atoms with Gasteiger partial charge in [0.15, 0.2) is 5.11 Å². The average Bonchev–Trinajstić information content (AvgIpc) is 2.74. The lowest BCUT2D eigenvalue weighted by molar-refractivity contribution is 0.0976. The first kappa shape index (κ1) is 19.6. The zero-order valence-corrected chi connectivity index (χ0v) is 16.2. The van der Waals surface area contributed by atoms with Gasteiger partial charge in [-0.25, -0.2) is 0 Å². The minimum absolute atomic E-state index is 0.265. The second kappa shape index (κ2) is 10.2. The summed E-state index contributed by atoms with van der Waals surface area (Å²) in [6.45, 7) is 1.11. The number of benzene rings is 3. The lowest BCUT2D eigenvalue weighted by atomic mass is 10.2. The molecular weight excluding hydrogens is 368 g/mol. The van der Waals surface area contributed by atoms with Crippen molar-refractivity contribution in [3.8, 4) is 5.75 Å². The maximum Gasteiger partial charge on any atom is 0.257 e. The highest BCUT2D eigenvalue weighted by Crippen LogP contribution is 2.14. The summed E-state index contributed by atoms with van der Waals surface area (Å²) in [7, 11) is 0. The van der Waals surface area contributed by atoms with Crippen LogP contribution in [0.15, 0.2) is 84.9 Å². The predicted octanol–water partition coefficient (Wildman–Crippen LogP) is 4.11. The van der Waals surface area contributed by atoms with E-state index in [1.165, 1.54) is 5.56 Å². The molecule has 0 radical (unpaired) electrons. The number of carbonyl (C=O) groups excluding carboxylic acids is 1. The molecule has 142 valence electrons. The monoisotopic (exact) mass is 390 g/mol. The fourth-order valence-corrected chi connectivity index (χ4v) is 2.82. The second-order valence-electron chi connectivity index (χ2n) is 6.23. The highest BCUT2D eigenvalue weighted by atomic mass is 32.1. The average molecular weight is 391 g/mol. The van der Waals surface area contributed by atoms with Crippen LogP contribution in [0.3, 0.4) is 0 Å². The van der Waals surface area contributed by atoms with E-state index in [1.54, 1.807) is 18.2 Å². The Morgan fingerprint density at radius 1 is 0.857 bits per heavy atom. The molecule has 0 saturated carbocycles. The van der Waals surface area contributed by atoms with E-state index in [0.717, 1.165) is 12.0 Å². The van der Waals surface area contributed by atoms with Crippen molar-refractivity contribution in [1.82, 2.24) is 10.6 Å². The third kappa shape index (κ3) is 6.21. The van der Waals surface area contributed by atoms with E-state index < -0.39 is 0 Å². The van der Waals surface area contributed by atoms with E-state index in [1.807, 2.05) is 54.6 Å². The molecule has 3 rings (SSSR count). The molecule has 1 amide bonds. The first-order valence-corrected chi connectivity index (χ1v) is 9.51. The second-order valence-corrected chi connectivity index (χ2v) is 6.64. The van der Waals surface area contributed by atoms with E-state index >= 15 is 0 Å². The van der Waals surface area contributed by atoms with Crippen LogP contribution in [0.1, 0.15) is 21.5 Å². The summed E-state index contributed by atoms with van der Waals surface area (Å²) in [6.07, 6.45) is 0.810. The summed E-state index contributed by atoms with van der Waals surface area (Å²) in [5.74, 6) is 0.394. The fourth-order valence-electron chi connectivity index (χ4n) is 2.66. The summed E-state index contributed by atoms with van der Waals surface area (Å²) in [4.78, 5) is 12.4. The van der Waals surface area contributed by atoms with Gasteiger partial charge >= 0.3 is 0 Å². The topological polar surface area (TPSA) is 50.4 Å². The predicted molar refractivity (Wildman–Crippen MR) is 115 cm³/mol. The van der Waals surface area contributed by atoms with Crippen LogP contribution in [0.5, 0.6) is 5.75 Å². The number of hydrogen-bond acceptors (Lipinski definition) is 3. The molecule has 5 heteroatoms. The molecule has 4 nitrogen and oxygen atoms in total. The Labute approximate surface area is 170 Å². The van der Waals surface area contributed by atoms with E-state index in [0.29, 0.717) is 29.6 Å². The molecule has 3 aromatic rings. The van der Waals surface area contributed by atoms with Crippen LogP contribution in [0.25, 0.3) is 0 Å². The minimum atomic E-state index is -0.265. The molecule has 2 N–H and O–H groups in total. The van der Waals surface area contributed by atoms with Crippen LogP contribution in [0, 0.1) is 0 Å². The highest BCUT2D eigenvalue weighted by Gasteiger charge is 2.09. The number of ether oxygens (including phenoxy) is 1. The Bertz CT molecular complexity index is 914. The van der Waals surface area contributed by atoms with Gasteiger partial charge in [0.2, 0.25) is 0 Å². The number of thiocarbonyl (C=S) groups is 1. The summed E-state index contributed by atoms with van der Waals surface area (Å²) in [5.41, 5.74) is 2.81. The number of amides is 1. The van der Waals surface area contributed by atoms with Crippen LogP contribution < -0.4 is 15.4 Å². The van der Waals surface area contributed by atoms with Gasteiger partial charge in [-0.2, -0.15) is 0 Å². The summed E-state index contributed by atoms with van der Waals surface area (Å²) < 4.78 is 5.78. The molecule has 0 fully saturated rings. The van der Waals surface area contributed by atoms with Crippen molar-refractivity contribution in [1.29, 1.82) is 0 Å². The highest BCUT2D eigenvalue weighted by molar-refractivity contribution is 7.80. The van der Waals surface area contributed by atoms with Gasteiger partial charge in [-0.05, 0) is 41.5 Å². The summed E-state index contributed by atoms with van der Waals surface area (Å²) in [5, 5.41) is 6.03. The van der Waals surface area contributed by atoms with Crippen molar-refractivity contribution in [2.45, 2.75) is 13.0 Å². The molecule has 3 aromatic carbocycles. The number of rotatable bonds is 7. The van der Waals surface area contributed by atoms with Crippen LogP contribution >= 0.6 is 12.2 Å². The smallest absolute Gasteiger partial charge is 0.257 e. The molecule has 0 aliphatic rings. The Morgan fingerprint density at radius 2 is 1.54 bits per heavy atom. The number of nitrogens with one attached hydrogen (secondary N) is 2. The summed E-state index contributed by atoms with van der Waals surface area (Å²) >= 11 is 5.21. The molecule has 0 unspecified atom stereocenters. The number of hydrogen-bond donors (Lipinski definition) is 2. The van der Waals surface area contributed by atoms with Crippen molar-refractivity contribution in [3.63, 3.8) is 0 Å². The Hall–Kier alpha value is -3.18. The van der Waals surface area contributed by atoms with E-state index in [-0.39, 0.29) is 5.91 Å². The van der Waals surface area contributed by atoms with Crippen molar-refractivity contribution in [2.75, 3.05) is 6.61 Å². The normalized spacial score (nSPS) is 10.1. The van der Waals surface area contributed by atoms with Gasteiger partial charge in [0.05, 0.1) is 6.61 Å². The Kier molecular flexibility index (Phi) is 7.15. The molecule has 0 bridgehead atoms. The van der Waals surface area contributed by atoms with Gasteiger partial charge in [0.25, 0.3) is 5.91 Å². The van der Waals surface area contributed by atoms with Gasteiger partial charge in [-0.15, -0.1) is 0 Å². The quantitative estimate of drug-likeness (QED) is 0.596. The van der Waals surface area contributed by atoms with Crippen molar-refractivity contribution < 1.29 is 9.53 Å². The molecule has 28 heavy (non-hydrogen) atoms. The van der Waals surface area contributed by atoms with Crippen LogP contribution in [0.2, 0.25) is 0 Å². The molecule has 0 aromatic heterocycles. The largest absolute Gasteiger partial charge is 0.493 e. The zero-order chi connectivity index (χ0) is 19.6. The minimum Gasteiger partial charge on any atom is -0.493 e. The fraction of sp³-hybridized carbons (Fsp3) is 0.130. The van der Waals surface area contributed by atoms with Crippen LogP contribution in [-0.2, 0) is 13.0 Å². The molecule has 0 spiro atoms. The first-order chi connectivity index (χ1) is 13.7. The maximum atomic E-state index is 12.4. The standard InChI is InChI=1S/C23H22N2O2S/c26-22(25-23(28)24-17-19-10-5-2-6-11-19)20-12-7-13-21(16-20)27-15-14-18-8-3-1-4-9-18/h1-13,16H,14-15,17H2,(H2,24,25,26,28). The molecule has 0 aliphatic heterocycles. The molecule has 0 heterocycles. The van der Waals surface area contributed by atoms with Gasteiger partial charge in [-0.3, -0.25) is 10.1 Å². The SMILES string of the molecule is O=C(NC(=S)NCc1ccccc1)c1cccc(OCCc2ccccc2)c1. The first-order valence-electron chi connectivity index (χ1n) is 9.10. The third-order valence-corrected chi connectivity index (χ3v) is 4.37. The zero-order valence-electron chi connectivity index (χ0n) is 15.4. The van der Waals surface area contributed by atoms with Gasteiger partial charge in [0.1, 0.15) is 5.75 Å². The lowest BCUT2D eigenvalue weighted by Gasteiger charge is -2.11. The van der Waals surface area contributed by atoms with Gasteiger partial charge in [0, 0.05) is 18.5 Å².